The Labute approximate surface area is 43.6 Å². The molecule has 0 saturated heterocycles. The Morgan fingerprint density at radius 1 is 2.00 bits per heavy atom. The summed E-state index contributed by atoms with van der Waals surface area (Å²) in [5.74, 6) is 0. The van der Waals surface area contributed by atoms with E-state index in [9.17, 15) is 0 Å². The van der Waals surface area contributed by atoms with Gasteiger partial charge in [-0.15, -0.1) is 6.58 Å². The SMILES string of the molecule is C=CC(C)(O)CN. The van der Waals surface area contributed by atoms with Gasteiger partial charge in [0.05, 0.1) is 5.60 Å². The van der Waals surface area contributed by atoms with E-state index in [0.717, 1.165) is 0 Å². The molecular formula is C5H11NO. The molecule has 0 heterocycles. The fraction of sp³-hybridized carbons (Fsp3) is 0.600. The molecule has 7 heavy (non-hydrogen) atoms. The minimum Gasteiger partial charge on any atom is -0.385 e. The molecule has 0 aromatic carbocycles. The van der Waals surface area contributed by atoms with Crippen LogP contribution < -0.4 is 5.73 Å². The molecule has 1 unspecified atom stereocenters. The largest absolute Gasteiger partial charge is 0.385 e. The highest BCUT2D eigenvalue weighted by atomic mass is 16.3. The highest BCUT2D eigenvalue weighted by Gasteiger charge is 2.09. The van der Waals surface area contributed by atoms with Crippen molar-refractivity contribution in [1.82, 2.24) is 0 Å². The maximum atomic E-state index is 8.89. The lowest BCUT2D eigenvalue weighted by Crippen LogP contribution is -2.31. The Kier molecular flexibility index (Phi) is 1.99. The van der Waals surface area contributed by atoms with E-state index in [-0.39, 0.29) is 6.54 Å². The monoisotopic (exact) mass is 101 g/mol. The zero-order valence-corrected chi connectivity index (χ0v) is 4.52. The van der Waals surface area contributed by atoms with Crippen LogP contribution in [-0.4, -0.2) is 17.3 Å². The molecule has 1 atom stereocenters. The van der Waals surface area contributed by atoms with Crippen molar-refractivity contribution in [1.29, 1.82) is 0 Å². The zero-order chi connectivity index (χ0) is 5.91. The van der Waals surface area contributed by atoms with Crippen LogP contribution in [0.4, 0.5) is 0 Å². The predicted molar refractivity (Wildman–Crippen MR) is 29.9 cm³/mol. The van der Waals surface area contributed by atoms with Crippen LogP contribution in [0.5, 0.6) is 0 Å². The summed E-state index contributed by atoms with van der Waals surface area (Å²) < 4.78 is 0. The van der Waals surface area contributed by atoms with Crippen molar-refractivity contribution in [2.75, 3.05) is 6.54 Å². The highest BCUT2D eigenvalue weighted by Crippen LogP contribution is 1.98. The van der Waals surface area contributed by atoms with Gasteiger partial charge in [0.25, 0.3) is 0 Å². The highest BCUT2D eigenvalue weighted by molar-refractivity contribution is 4.91. The van der Waals surface area contributed by atoms with Gasteiger partial charge in [-0.2, -0.15) is 0 Å². The van der Waals surface area contributed by atoms with Gasteiger partial charge in [0, 0.05) is 6.54 Å². The Balaban J connectivity index is 3.58. The summed E-state index contributed by atoms with van der Waals surface area (Å²) in [5, 5.41) is 8.89. The molecule has 0 saturated carbocycles. The van der Waals surface area contributed by atoms with Gasteiger partial charge in [0.1, 0.15) is 0 Å². The van der Waals surface area contributed by atoms with Gasteiger partial charge < -0.3 is 10.8 Å². The van der Waals surface area contributed by atoms with Crippen LogP contribution in [0.2, 0.25) is 0 Å². The lowest BCUT2D eigenvalue weighted by molar-refractivity contribution is 0.121. The molecule has 2 nitrogen and oxygen atoms in total. The minimum absolute atomic E-state index is 0.233. The van der Waals surface area contributed by atoms with Crippen LogP contribution in [0.25, 0.3) is 0 Å². The van der Waals surface area contributed by atoms with E-state index in [1.807, 2.05) is 0 Å². The molecule has 42 valence electrons. The first-order valence-electron chi connectivity index (χ1n) is 2.18. The van der Waals surface area contributed by atoms with E-state index in [4.69, 9.17) is 10.8 Å². The fourth-order valence-corrected chi connectivity index (χ4v) is 0.0833. The first-order valence-corrected chi connectivity index (χ1v) is 2.18. The summed E-state index contributed by atoms with van der Waals surface area (Å²) >= 11 is 0. The van der Waals surface area contributed by atoms with Gasteiger partial charge in [0.15, 0.2) is 0 Å². The number of nitrogens with two attached hydrogens (primary N) is 1. The molecule has 0 amide bonds. The Morgan fingerprint density at radius 3 is 2.43 bits per heavy atom. The summed E-state index contributed by atoms with van der Waals surface area (Å²) in [4.78, 5) is 0. The lowest BCUT2D eigenvalue weighted by Gasteiger charge is -2.13. The summed E-state index contributed by atoms with van der Waals surface area (Å²) in [5.41, 5.74) is 4.22. The summed E-state index contributed by atoms with van der Waals surface area (Å²) in [7, 11) is 0. The fourth-order valence-electron chi connectivity index (χ4n) is 0.0833. The van der Waals surface area contributed by atoms with E-state index in [2.05, 4.69) is 6.58 Å². The van der Waals surface area contributed by atoms with Gasteiger partial charge in [-0.25, -0.2) is 0 Å². The van der Waals surface area contributed by atoms with Crippen LogP contribution in [0, 0.1) is 0 Å². The quantitative estimate of drug-likeness (QED) is 0.476. The molecule has 0 bridgehead atoms. The van der Waals surface area contributed by atoms with Crippen LogP contribution in [0.3, 0.4) is 0 Å². The van der Waals surface area contributed by atoms with Gasteiger partial charge in [-0.05, 0) is 6.92 Å². The zero-order valence-electron chi connectivity index (χ0n) is 4.52. The smallest absolute Gasteiger partial charge is 0.0918 e. The second-order valence-electron chi connectivity index (χ2n) is 1.77. The van der Waals surface area contributed by atoms with Crippen LogP contribution in [-0.2, 0) is 0 Å². The van der Waals surface area contributed by atoms with Crippen molar-refractivity contribution < 1.29 is 5.11 Å². The third-order valence-corrected chi connectivity index (χ3v) is 0.853. The molecule has 0 fully saturated rings. The van der Waals surface area contributed by atoms with Gasteiger partial charge in [-0.3, -0.25) is 0 Å². The third kappa shape index (κ3) is 2.37. The van der Waals surface area contributed by atoms with Crippen molar-refractivity contribution in [3.63, 3.8) is 0 Å². The van der Waals surface area contributed by atoms with E-state index >= 15 is 0 Å². The number of hydrogen-bond acceptors (Lipinski definition) is 2. The maximum Gasteiger partial charge on any atom is 0.0918 e. The van der Waals surface area contributed by atoms with Crippen molar-refractivity contribution in [2.24, 2.45) is 5.73 Å². The maximum absolute atomic E-state index is 8.89. The van der Waals surface area contributed by atoms with Crippen LogP contribution >= 0.6 is 0 Å². The van der Waals surface area contributed by atoms with Crippen LogP contribution in [0.15, 0.2) is 12.7 Å². The molecule has 0 radical (unpaired) electrons. The Morgan fingerprint density at radius 2 is 2.43 bits per heavy atom. The summed E-state index contributed by atoms with van der Waals surface area (Å²) in [6.07, 6.45) is 1.42. The van der Waals surface area contributed by atoms with Crippen LogP contribution in [0.1, 0.15) is 6.92 Å². The van der Waals surface area contributed by atoms with Gasteiger partial charge in [0.2, 0.25) is 0 Å². The number of hydrogen-bond donors (Lipinski definition) is 2. The first-order chi connectivity index (χ1) is 3.12. The molecule has 0 aromatic rings. The number of rotatable bonds is 2. The summed E-state index contributed by atoms with van der Waals surface area (Å²) in [6.45, 7) is 5.22. The molecule has 0 aliphatic rings. The lowest BCUT2D eigenvalue weighted by atomic mass is 10.1. The summed E-state index contributed by atoms with van der Waals surface area (Å²) in [6, 6.07) is 0. The standard InChI is InChI=1S/C5H11NO/c1-3-5(2,7)4-6/h3,7H,1,4,6H2,2H3. The minimum atomic E-state index is -0.875. The average molecular weight is 101 g/mol. The Hall–Kier alpha value is -0.340. The first kappa shape index (κ1) is 6.66. The predicted octanol–water partition coefficient (Wildman–Crippen LogP) is -0.118. The molecule has 0 spiro atoms. The van der Waals surface area contributed by atoms with E-state index in [0.29, 0.717) is 0 Å². The van der Waals surface area contributed by atoms with Crippen molar-refractivity contribution in [2.45, 2.75) is 12.5 Å². The second-order valence-corrected chi connectivity index (χ2v) is 1.77. The normalized spacial score (nSPS) is 18.1. The number of aliphatic hydroxyl groups is 1. The van der Waals surface area contributed by atoms with E-state index in [1.54, 1.807) is 6.92 Å². The molecule has 0 aliphatic carbocycles. The van der Waals surface area contributed by atoms with Gasteiger partial charge >= 0.3 is 0 Å². The van der Waals surface area contributed by atoms with E-state index in [1.165, 1.54) is 6.08 Å². The Bertz CT molecular complexity index is 68.5. The molecule has 0 aromatic heterocycles. The second kappa shape index (κ2) is 2.09. The molecule has 0 rings (SSSR count). The average Bonchev–Trinajstić information content (AvgIpc) is 1.68. The van der Waals surface area contributed by atoms with Crippen molar-refractivity contribution >= 4 is 0 Å². The van der Waals surface area contributed by atoms with Crippen molar-refractivity contribution in [3.8, 4) is 0 Å². The molecular weight excluding hydrogens is 90.1 g/mol. The molecule has 3 N–H and O–H groups in total. The molecule has 0 aliphatic heterocycles. The molecule has 2 heteroatoms. The topological polar surface area (TPSA) is 46.2 Å². The van der Waals surface area contributed by atoms with E-state index < -0.39 is 5.60 Å². The third-order valence-electron chi connectivity index (χ3n) is 0.853. The van der Waals surface area contributed by atoms with Gasteiger partial charge in [-0.1, -0.05) is 6.08 Å². The van der Waals surface area contributed by atoms with Crippen molar-refractivity contribution in [3.05, 3.63) is 12.7 Å².